The summed E-state index contributed by atoms with van der Waals surface area (Å²) in [6, 6.07) is 16.3. The molecule has 9 heteroatoms. The van der Waals surface area contributed by atoms with Gasteiger partial charge in [-0.25, -0.2) is 0 Å². The lowest BCUT2D eigenvalue weighted by Gasteiger charge is -2.54. The number of alkyl halides is 3. The third-order valence-electron chi connectivity index (χ3n) is 8.97. The summed E-state index contributed by atoms with van der Waals surface area (Å²) in [5, 5.41) is 12.3. The molecule has 5 aliphatic rings. The van der Waals surface area contributed by atoms with Crippen molar-refractivity contribution in [2.45, 2.75) is 63.1 Å². The number of para-hydroxylation sites is 2. The van der Waals surface area contributed by atoms with E-state index in [9.17, 15) is 18.0 Å². The van der Waals surface area contributed by atoms with Crippen LogP contribution in [-0.2, 0) is 9.59 Å². The fraction of sp³-hybridized carbons (Fsp3) is 0.533. The second-order valence-corrected chi connectivity index (χ2v) is 11.5. The fourth-order valence-electron chi connectivity index (χ4n) is 7.08. The van der Waals surface area contributed by atoms with Crippen molar-refractivity contribution in [3.63, 3.8) is 0 Å². The SMILES string of the molecule is O=C(N[C@@H]1C[N+]2(CC3CCCCC3)CCC1CC2)C1c2ccccc2Oc2ccccc21.O=C([O-])C(F)(F)F. The summed E-state index contributed by atoms with van der Waals surface area (Å²) in [4.78, 5) is 22.6. The van der Waals surface area contributed by atoms with Crippen molar-refractivity contribution in [2.75, 3.05) is 26.2 Å². The van der Waals surface area contributed by atoms with E-state index in [2.05, 4.69) is 5.32 Å². The maximum Gasteiger partial charge on any atom is 0.430 e. The number of hydrogen-bond donors (Lipinski definition) is 1. The van der Waals surface area contributed by atoms with Crippen molar-refractivity contribution in [1.82, 2.24) is 5.32 Å². The normalized spacial score (nSPS) is 26.3. The van der Waals surface area contributed by atoms with Crippen LogP contribution in [0.15, 0.2) is 48.5 Å². The number of aliphatic carboxylic acids is 1. The van der Waals surface area contributed by atoms with E-state index in [1.54, 1.807) is 0 Å². The van der Waals surface area contributed by atoms with E-state index in [4.69, 9.17) is 14.6 Å². The number of rotatable bonds is 4. The zero-order chi connectivity index (χ0) is 27.6. The van der Waals surface area contributed by atoms with E-state index < -0.39 is 12.1 Å². The van der Waals surface area contributed by atoms with E-state index in [1.165, 1.54) is 69.1 Å². The predicted molar refractivity (Wildman–Crippen MR) is 137 cm³/mol. The molecule has 0 unspecified atom stereocenters. The number of carboxylic acid groups (broad SMARTS) is 1. The van der Waals surface area contributed by atoms with Crippen LogP contribution in [0.4, 0.5) is 13.2 Å². The number of quaternary nitrogens is 1. The molecule has 7 rings (SSSR count). The summed E-state index contributed by atoms with van der Waals surface area (Å²) >= 11 is 0. The number of benzene rings is 2. The molecule has 2 aromatic carbocycles. The maximum atomic E-state index is 13.8. The second kappa shape index (κ2) is 11.2. The quantitative estimate of drug-likeness (QED) is 0.574. The van der Waals surface area contributed by atoms with Crippen LogP contribution >= 0.6 is 0 Å². The lowest BCUT2D eigenvalue weighted by atomic mass is 9.79. The second-order valence-electron chi connectivity index (χ2n) is 11.5. The number of carbonyl (C=O) groups excluding carboxylic acids is 2. The molecule has 1 N–H and O–H groups in total. The summed E-state index contributed by atoms with van der Waals surface area (Å²) in [5.74, 6) is -0.0181. The molecule has 1 atom stereocenters. The van der Waals surface area contributed by atoms with E-state index in [0.29, 0.717) is 12.0 Å². The molecule has 0 spiro atoms. The van der Waals surface area contributed by atoms with Gasteiger partial charge in [-0.2, -0.15) is 13.2 Å². The highest BCUT2D eigenvalue weighted by Crippen LogP contribution is 2.44. The molecule has 1 saturated carbocycles. The van der Waals surface area contributed by atoms with Crippen molar-refractivity contribution in [2.24, 2.45) is 11.8 Å². The van der Waals surface area contributed by atoms with Crippen LogP contribution in [0.2, 0.25) is 0 Å². The first-order valence-electron chi connectivity index (χ1n) is 13.9. The first kappa shape index (κ1) is 27.5. The van der Waals surface area contributed by atoms with Gasteiger partial charge in [-0.15, -0.1) is 0 Å². The summed E-state index contributed by atoms with van der Waals surface area (Å²) < 4.78 is 38.9. The number of amides is 1. The van der Waals surface area contributed by atoms with Crippen LogP contribution in [0.3, 0.4) is 0 Å². The highest BCUT2D eigenvalue weighted by atomic mass is 19.4. The van der Waals surface area contributed by atoms with Crippen LogP contribution < -0.4 is 15.2 Å². The minimum Gasteiger partial charge on any atom is -0.542 e. The van der Waals surface area contributed by atoms with Crippen LogP contribution in [-0.4, -0.2) is 54.8 Å². The molecule has 39 heavy (non-hydrogen) atoms. The molecule has 2 aromatic rings. The molecular weight excluding hydrogens is 509 g/mol. The lowest BCUT2D eigenvalue weighted by Crippen LogP contribution is -2.68. The number of carboxylic acids is 1. The Balaban J connectivity index is 0.000000392. The highest BCUT2D eigenvalue weighted by Gasteiger charge is 2.48. The summed E-state index contributed by atoms with van der Waals surface area (Å²) in [6.45, 7) is 5.09. The summed E-state index contributed by atoms with van der Waals surface area (Å²) in [6.07, 6.45) is 4.40. The first-order chi connectivity index (χ1) is 18.7. The molecule has 1 amide bonds. The van der Waals surface area contributed by atoms with E-state index in [-0.39, 0.29) is 11.8 Å². The summed E-state index contributed by atoms with van der Waals surface area (Å²) in [5.41, 5.74) is 1.96. The molecule has 2 bridgehead atoms. The number of piperidine rings is 3. The third-order valence-corrected chi connectivity index (χ3v) is 8.97. The molecule has 4 fully saturated rings. The minimum atomic E-state index is -5.19. The minimum absolute atomic E-state index is 0.141. The van der Waals surface area contributed by atoms with Gasteiger partial charge in [-0.3, -0.25) is 4.79 Å². The number of ether oxygens (including phenoxy) is 1. The Hall–Kier alpha value is -3.07. The Morgan fingerprint density at radius 2 is 1.44 bits per heavy atom. The van der Waals surface area contributed by atoms with Crippen molar-refractivity contribution in [3.05, 3.63) is 59.7 Å². The Bertz CT molecular complexity index is 1140. The van der Waals surface area contributed by atoms with Crippen molar-refractivity contribution in [1.29, 1.82) is 0 Å². The number of hydrogen-bond acceptors (Lipinski definition) is 4. The van der Waals surface area contributed by atoms with Crippen molar-refractivity contribution in [3.8, 4) is 11.5 Å². The van der Waals surface area contributed by atoms with Crippen LogP contribution in [0.1, 0.15) is 62.0 Å². The topological polar surface area (TPSA) is 78.5 Å². The molecular formula is C30H35F3N2O4. The molecule has 210 valence electrons. The fourth-order valence-corrected chi connectivity index (χ4v) is 7.08. The number of nitrogens with zero attached hydrogens (tertiary/aromatic N) is 1. The Kier molecular flexibility index (Phi) is 7.89. The molecule has 4 aliphatic heterocycles. The summed E-state index contributed by atoms with van der Waals surface area (Å²) in [7, 11) is 0. The molecule has 1 aliphatic carbocycles. The Morgan fingerprint density at radius 3 is 1.97 bits per heavy atom. The zero-order valence-electron chi connectivity index (χ0n) is 21.9. The van der Waals surface area contributed by atoms with Crippen LogP contribution in [0, 0.1) is 11.8 Å². The van der Waals surface area contributed by atoms with Gasteiger partial charge < -0.3 is 24.4 Å². The highest BCUT2D eigenvalue weighted by molar-refractivity contribution is 5.89. The van der Waals surface area contributed by atoms with E-state index in [1.807, 2.05) is 48.5 Å². The molecule has 0 radical (unpaired) electrons. The zero-order valence-corrected chi connectivity index (χ0v) is 21.9. The number of fused-ring (bicyclic) bond motifs is 5. The van der Waals surface area contributed by atoms with Gasteiger partial charge in [0, 0.05) is 29.9 Å². The number of halogens is 3. The molecule has 6 nitrogen and oxygen atoms in total. The van der Waals surface area contributed by atoms with Gasteiger partial charge in [0.05, 0.1) is 38.1 Å². The lowest BCUT2D eigenvalue weighted by molar-refractivity contribution is -0.946. The van der Waals surface area contributed by atoms with Gasteiger partial charge in [-0.05, 0) is 30.9 Å². The predicted octanol–water partition coefficient (Wildman–Crippen LogP) is 4.53. The van der Waals surface area contributed by atoms with E-state index in [0.717, 1.165) is 35.1 Å². The van der Waals surface area contributed by atoms with Gasteiger partial charge in [-0.1, -0.05) is 55.7 Å². The molecule has 4 heterocycles. The van der Waals surface area contributed by atoms with Gasteiger partial charge >= 0.3 is 6.18 Å². The molecule has 0 aromatic heterocycles. The van der Waals surface area contributed by atoms with Gasteiger partial charge in [0.15, 0.2) is 0 Å². The van der Waals surface area contributed by atoms with Crippen molar-refractivity contribution < 1.29 is 37.1 Å². The van der Waals surface area contributed by atoms with Gasteiger partial charge in [0.25, 0.3) is 0 Å². The first-order valence-corrected chi connectivity index (χ1v) is 13.9. The monoisotopic (exact) mass is 544 g/mol. The largest absolute Gasteiger partial charge is 0.542 e. The third kappa shape index (κ3) is 6.08. The molecule has 3 saturated heterocycles. The Morgan fingerprint density at radius 1 is 0.897 bits per heavy atom. The van der Waals surface area contributed by atoms with Crippen molar-refractivity contribution >= 4 is 11.9 Å². The van der Waals surface area contributed by atoms with Crippen LogP contribution in [0.5, 0.6) is 11.5 Å². The number of nitrogens with one attached hydrogen (secondary N) is 1. The van der Waals surface area contributed by atoms with E-state index >= 15 is 0 Å². The average molecular weight is 545 g/mol. The smallest absolute Gasteiger partial charge is 0.430 e. The van der Waals surface area contributed by atoms with Crippen LogP contribution in [0.25, 0.3) is 0 Å². The van der Waals surface area contributed by atoms with Gasteiger partial charge in [0.1, 0.15) is 17.5 Å². The number of carbonyl (C=O) groups is 2. The van der Waals surface area contributed by atoms with Gasteiger partial charge in [0.2, 0.25) is 5.91 Å². The average Bonchev–Trinajstić information content (AvgIpc) is 2.92. The standard InChI is InChI=1S/C28H34N2O2.C2HF3O2/c31-28(27-22-10-4-6-12-25(22)32-26-13-7-5-11-23(26)27)29-24-19-30(16-14-21(24)15-17-30)18-20-8-2-1-3-9-20;3-2(4,5)1(6)7/h4-7,10-13,20-21,24,27H,1-3,8-9,14-19H2;(H,6,7)/t21?,24-,30?;/m1./s1. The maximum absolute atomic E-state index is 13.8. The Labute approximate surface area is 226 Å².